The van der Waals surface area contributed by atoms with Gasteiger partial charge < -0.3 is 25.8 Å². The van der Waals surface area contributed by atoms with Crippen molar-refractivity contribution in [1.82, 2.24) is 10.3 Å². The largest absolute Gasteiger partial charge is 0.506 e. The van der Waals surface area contributed by atoms with Crippen molar-refractivity contribution in [2.24, 2.45) is 0 Å². The number of benzene rings is 3. The van der Waals surface area contributed by atoms with Gasteiger partial charge in [0.05, 0.1) is 18.2 Å². The number of aliphatic hydroxyl groups is 1. The third-order valence-electron chi connectivity index (χ3n) is 5.52. The maximum atomic E-state index is 12.3. The fourth-order valence-electron chi connectivity index (χ4n) is 3.77. The highest BCUT2D eigenvalue weighted by atomic mass is 35.5. The van der Waals surface area contributed by atoms with Crippen LogP contribution < -0.4 is 16.2 Å². The van der Waals surface area contributed by atoms with E-state index in [1.807, 2.05) is 42.5 Å². The molecule has 1 amide bonds. The van der Waals surface area contributed by atoms with Gasteiger partial charge in [0.2, 0.25) is 5.56 Å². The molecular formula is C26H26ClN3O4. The van der Waals surface area contributed by atoms with Gasteiger partial charge in [-0.25, -0.2) is 0 Å². The average molecular weight is 480 g/mol. The molecule has 1 atom stereocenters. The lowest BCUT2D eigenvalue weighted by molar-refractivity contribution is 0.102. The number of aromatic nitrogens is 1. The number of phenols is 1. The summed E-state index contributed by atoms with van der Waals surface area (Å²) in [7, 11) is 0. The summed E-state index contributed by atoms with van der Waals surface area (Å²) in [5.41, 5.74) is 3.25. The molecular weight excluding hydrogens is 454 g/mol. The standard InChI is InChI=1S/C26H25N3O4.ClH/c30-16-22(20-10-12-23(31)25-21(20)11-13-24(32)29-25)27-15-14-17-6-8-19(9-7-17)28-26(33)18-4-2-1-3-5-18;/h1-13,22,27,30-31H,14-16H2,(H,28,33)(H,29,32);1H. The normalized spacial score (nSPS) is 11.6. The molecule has 3 aromatic carbocycles. The molecule has 1 aromatic heterocycles. The number of carbonyl (C=O) groups excluding carboxylic acids is 1. The highest BCUT2D eigenvalue weighted by Gasteiger charge is 2.15. The van der Waals surface area contributed by atoms with Crippen LogP contribution in [0.2, 0.25) is 0 Å². The molecule has 5 N–H and O–H groups in total. The van der Waals surface area contributed by atoms with Crippen molar-refractivity contribution in [2.45, 2.75) is 12.5 Å². The number of H-pyrrole nitrogens is 1. The van der Waals surface area contributed by atoms with E-state index in [0.717, 1.165) is 23.2 Å². The number of pyridine rings is 1. The van der Waals surface area contributed by atoms with E-state index in [9.17, 15) is 19.8 Å². The molecule has 0 spiro atoms. The molecule has 0 radical (unpaired) electrons. The molecule has 4 rings (SSSR count). The van der Waals surface area contributed by atoms with E-state index in [1.165, 1.54) is 12.1 Å². The molecule has 0 saturated carbocycles. The topological polar surface area (TPSA) is 114 Å². The van der Waals surface area contributed by atoms with Crippen molar-refractivity contribution >= 4 is 34.9 Å². The summed E-state index contributed by atoms with van der Waals surface area (Å²) in [4.78, 5) is 26.5. The molecule has 0 aliphatic rings. The number of fused-ring (bicyclic) bond motifs is 1. The minimum atomic E-state index is -0.358. The van der Waals surface area contributed by atoms with Crippen LogP contribution in [-0.4, -0.2) is 34.3 Å². The van der Waals surface area contributed by atoms with Crippen LogP contribution in [0, 0.1) is 0 Å². The van der Waals surface area contributed by atoms with Crippen molar-refractivity contribution in [3.8, 4) is 5.75 Å². The smallest absolute Gasteiger partial charge is 0.255 e. The van der Waals surface area contributed by atoms with Gasteiger partial charge in [-0.3, -0.25) is 9.59 Å². The highest BCUT2D eigenvalue weighted by molar-refractivity contribution is 6.04. The van der Waals surface area contributed by atoms with Crippen LogP contribution in [0.5, 0.6) is 5.75 Å². The first-order chi connectivity index (χ1) is 16.0. The zero-order valence-electron chi connectivity index (χ0n) is 18.3. The number of aliphatic hydroxyl groups excluding tert-OH is 1. The van der Waals surface area contributed by atoms with Gasteiger partial charge >= 0.3 is 0 Å². The lowest BCUT2D eigenvalue weighted by Gasteiger charge is -2.19. The molecule has 176 valence electrons. The summed E-state index contributed by atoms with van der Waals surface area (Å²) in [5.74, 6) is -0.166. The number of rotatable bonds is 8. The molecule has 8 heteroatoms. The third kappa shape index (κ3) is 5.82. The van der Waals surface area contributed by atoms with E-state index in [4.69, 9.17) is 0 Å². The zero-order valence-corrected chi connectivity index (χ0v) is 19.1. The first-order valence-electron chi connectivity index (χ1n) is 10.7. The predicted molar refractivity (Wildman–Crippen MR) is 136 cm³/mol. The van der Waals surface area contributed by atoms with Gasteiger partial charge in [0.1, 0.15) is 5.75 Å². The Morgan fingerprint density at radius 2 is 1.68 bits per heavy atom. The number of halogens is 1. The second-order valence-corrected chi connectivity index (χ2v) is 7.74. The summed E-state index contributed by atoms with van der Waals surface area (Å²) in [6, 6.07) is 22.6. The number of hydrogen-bond acceptors (Lipinski definition) is 5. The Morgan fingerprint density at radius 1 is 0.941 bits per heavy atom. The van der Waals surface area contributed by atoms with E-state index < -0.39 is 0 Å². The molecule has 1 unspecified atom stereocenters. The van der Waals surface area contributed by atoms with Crippen LogP contribution in [0.4, 0.5) is 5.69 Å². The molecule has 7 nitrogen and oxygen atoms in total. The van der Waals surface area contributed by atoms with Crippen LogP contribution in [0.25, 0.3) is 10.9 Å². The first-order valence-corrected chi connectivity index (χ1v) is 10.7. The number of carbonyl (C=O) groups is 1. The minimum Gasteiger partial charge on any atom is -0.506 e. The second kappa shape index (κ2) is 11.5. The summed E-state index contributed by atoms with van der Waals surface area (Å²) in [6.07, 6.45) is 0.719. The number of hydrogen-bond donors (Lipinski definition) is 5. The Labute approximate surface area is 202 Å². The summed E-state index contributed by atoms with van der Waals surface area (Å²) in [5, 5.41) is 26.9. The Kier molecular flexibility index (Phi) is 8.43. The molecule has 0 saturated heterocycles. The Balaban J connectivity index is 0.00000324. The van der Waals surface area contributed by atoms with Crippen molar-refractivity contribution in [1.29, 1.82) is 0 Å². The van der Waals surface area contributed by atoms with Crippen LogP contribution in [0.3, 0.4) is 0 Å². The van der Waals surface area contributed by atoms with Gasteiger partial charge in [0.15, 0.2) is 0 Å². The Hall–Kier alpha value is -3.65. The molecule has 0 bridgehead atoms. The fraction of sp³-hybridized carbons (Fsp3) is 0.154. The van der Waals surface area contributed by atoms with Crippen molar-refractivity contribution in [3.63, 3.8) is 0 Å². The van der Waals surface area contributed by atoms with E-state index in [1.54, 1.807) is 24.3 Å². The molecule has 34 heavy (non-hydrogen) atoms. The maximum Gasteiger partial charge on any atom is 0.255 e. The van der Waals surface area contributed by atoms with Gasteiger partial charge in [-0.15, -0.1) is 12.4 Å². The van der Waals surface area contributed by atoms with Gasteiger partial charge in [-0.05, 0) is 60.5 Å². The Bertz CT molecular complexity index is 1310. The summed E-state index contributed by atoms with van der Waals surface area (Å²) < 4.78 is 0. The summed E-state index contributed by atoms with van der Waals surface area (Å²) >= 11 is 0. The maximum absolute atomic E-state index is 12.3. The number of amides is 1. The first kappa shape index (κ1) is 25.0. The number of anilines is 1. The zero-order chi connectivity index (χ0) is 23.2. The van der Waals surface area contributed by atoms with Crippen molar-refractivity contribution in [2.75, 3.05) is 18.5 Å². The molecule has 1 heterocycles. The van der Waals surface area contributed by atoms with Crippen LogP contribution in [0.15, 0.2) is 83.7 Å². The number of aromatic amines is 1. The van der Waals surface area contributed by atoms with Crippen LogP contribution in [0.1, 0.15) is 27.5 Å². The SMILES string of the molecule is Cl.O=C(Nc1ccc(CCNC(CO)c2ccc(O)c3[nH]c(=O)ccc23)cc1)c1ccccc1. The van der Waals surface area contributed by atoms with Gasteiger partial charge in [-0.2, -0.15) is 0 Å². The van der Waals surface area contributed by atoms with E-state index in [2.05, 4.69) is 15.6 Å². The Morgan fingerprint density at radius 3 is 2.38 bits per heavy atom. The minimum absolute atomic E-state index is 0. The lowest BCUT2D eigenvalue weighted by atomic mass is 10.0. The monoisotopic (exact) mass is 479 g/mol. The van der Waals surface area contributed by atoms with Gasteiger partial charge in [-0.1, -0.05) is 36.4 Å². The average Bonchev–Trinajstić information content (AvgIpc) is 2.84. The third-order valence-corrected chi connectivity index (χ3v) is 5.52. The number of phenolic OH excluding ortho intramolecular Hbond substituents is 1. The molecule has 0 aliphatic carbocycles. The molecule has 0 fully saturated rings. The summed E-state index contributed by atoms with van der Waals surface area (Å²) in [6.45, 7) is 0.468. The fourth-order valence-corrected chi connectivity index (χ4v) is 3.77. The van der Waals surface area contributed by atoms with Gasteiger partial charge in [0, 0.05) is 22.7 Å². The quantitative estimate of drug-likeness (QED) is 0.264. The molecule has 4 aromatic rings. The van der Waals surface area contributed by atoms with Crippen molar-refractivity contribution in [3.05, 3.63) is 106 Å². The van der Waals surface area contributed by atoms with Gasteiger partial charge in [0.25, 0.3) is 5.91 Å². The highest BCUT2D eigenvalue weighted by Crippen LogP contribution is 2.28. The van der Waals surface area contributed by atoms with Crippen molar-refractivity contribution < 1.29 is 15.0 Å². The number of nitrogens with one attached hydrogen (secondary N) is 3. The van der Waals surface area contributed by atoms with E-state index in [0.29, 0.717) is 23.0 Å². The van der Waals surface area contributed by atoms with E-state index >= 15 is 0 Å². The number of aromatic hydroxyl groups is 1. The molecule has 0 aliphatic heterocycles. The van der Waals surface area contributed by atoms with Crippen LogP contribution in [-0.2, 0) is 6.42 Å². The predicted octanol–water partition coefficient (Wildman–Crippen LogP) is 3.77. The van der Waals surface area contributed by atoms with Crippen LogP contribution >= 0.6 is 12.4 Å². The lowest BCUT2D eigenvalue weighted by Crippen LogP contribution is -2.27. The second-order valence-electron chi connectivity index (χ2n) is 7.74. The van der Waals surface area contributed by atoms with E-state index in [-0.39, 0.29) is 42.3 Å².